The van der Waals surface area contributed by atoms with E-state index in [1.807, 2.05) is 30.2 Å². The van der Waals surface area contributed by atoms with Crippen molar-refractivity contribution in [1.29, 1.82) is 0 Å². The highest BCUT2D eigenvalue weighted by Crippen LogP contribution is 2.37. The third kappa shape index (κ3) is 6.99. The Morgan fingerprint density at radius 1 is 0.907 bits per heavy atom. The number of amides is 3. The van der Waals surface area contributed by atoms with Crippen LogP contribution in [-0.2, 0) is 14.4 Å². The molecule has 3 amide bonds. The summed E-state index contributed by atoms with van der Waals surface area (Å²) in [5.41, 5.74) is 4.13. The summed E-state index contributed by atoms with van der Waals surface area (Å²) in [6.07, 6.45) is 9.77. The van der Waals surface area contributed by atoms with Crippen molar-refractivity contribution < 1.29 is 23.9 Å². The van der Waals surface area contributed by atoms with Crippen LogP contribution in [0.5, 0.6) is 0 Å². The number of imide groups is 1. The smallest absolute Gasteiger partial charge is 0.259 e. The van der Waals surface area contributed by atoms with Gasteiger partial charge >= 0.3 is 0 Å². The summed E-state index contributed by atoms with van der Waals surface area (Å²) in [4.78, 5) is 60.5. The predicted octanol–water partition coefficient (Wildman–Crippen LogP) is 4.64. The Morgan fingerprint density at radius 2 is 1.63 bits per heavy atom. The number of aliphatic hydroxyl groups excluding tert-OH is 1. The van der Waals surface area contributed by atoms with Gasteiger partial charge in [-0.1, -0.05) is 18.9 Å². The third-order valence-electron chi connectivity index (χ3n) is 12.1. The van der Waals surface area contributed by atoms with Crippen molar-refractivity contribution in [2.45, 2.75) is 89.4 Å². The Kier molecular flexibility index (Phi) is 9.95. The van der Waals surface area contributed by atoms with Crippen LogP contribution in [0.1, 0.15) is 76.7 Å². The third-order valence-corrected chi connectivity index (χ3v) is 12.1. The number of nitrogens with zero attached hydrogens (tertiary/aromatic N) is 7. The van der Waals surface area contributed by atoms with Gasteiger partial charge in [0.1, 0.15) is 17.4 Å². The molecule has 3 saturated heterocycles. The summed E-state index contributed by atoms with van der Waals surface area (Å²) in [5.74, 6) is -0.882. The second-order valence-electron chi connectivity index (χ2n) is 15.3. The largest absolute Gasteiger partial charge is 0.512 e. The SMILES string of the molecule is CC1=C2C=NC(Nc3ccc(N4CCC(N5CCN(c6ccc(C7CCC(=O)NC7=O)c(F)c6)CC5)CC4)cn3)=NC2N(C2CCCC2)C(=O)/C1=C(\C)O. The van der Waals surface area contributed by atoms with Crippen molar-refractivity contribution in [3.05, 3.63) is 70.4 Å². The van der Waals surface area contributed by atoms with Gasteiger partial charge in [-0.05, 0) is 75.8 Å². The number of piperazine rings is 1. The Morgan fingerprint density at radius 3 is 2.30 bits per heavy atom. The van der Waals surface area contributed by atoms with E-state index in [0.717, 1.165) is 94.7 Å². The van der Waals surface area contributed by atoms with Crippen molar-refractivity contribution in [2.75, 3.05) is 54.4 Å². The van der Waals surface area contributed by atoms with E-state index in [2.05, 4.69) is 41.4 Å². The Balaban J connectivity index is 0.841. The number of nitrogens with one attached hydrogen (secondary N) is 2. The summed E-state index contributed by atoms with van der Waals surface area (Å²) >= 11 is 0. The number of hydrogen-bond donors (Lipinski definition) is 3. The van der Waals surface area contributed by atoms with Crippen molar-refractivity contribution in [1.82, 2.24) is 20.1 Å². The maximum Gasteiger partial charge on any atom is 0.259 e. The molecule has 2 atom stereocenters. The van der Waals surface area contributed by atoms with Crippen LogP contribution in [0.15, 0.2) is 69.0 Å². The first-order valence-corrected chi connectivity index (χ1v) is 19.3. The molecule has 2 aromatic rings. The molecule has 6 aliphatic rings. The molecule has 0 bridgehead atoms. The molecule has 1 saturated carbocycles. The number of allylic oxidation sites excluding steroid dienone is 1. The number of anilines is 3. The average molecular weight is 738 g/mol. The molecular formula is C40H48FN9O4. The lowest BCUT2D eigenvalue weighted by Gasteiger charge is -2.43. The molecule has 2 unspecified atom stereocenters. The zero-order chi connectivity index (χ0) is 37.5. The molecule has 1 aromatic carbocycles. The molecule has 5 aliphatic heterocycles. The fraction of sp³-hybridized carbons (Fsp3) is 0.500. The van der Waals surface area contributed by atoms with Crippen LogP contribution in [0.3, 0.4) is 0 Å². The molecule has 54 heavy (non-hydrogen) atoms. The molecule has 0 spiro atoms. The molecule has 8 rings (SSSR count). The van der Waals surface area contributed by atoms with Gasteiger partial charge in [-0.2, -0.15) is 0 Å². The number of pyridine rings is 1. The number of guanidine groups is 1. The Bertz CT molecular complexity index is 1930. The van der Waals surface area contributed by atoms with Gasteiger partial charge in [0.15, 0.2) is 6.17 Å². The van der Waals surface area contributed by atoms with E-state index < -0.39 is 23.8 Å². The Labute approximate surface area is 314 Å². The number of aliphatic imine (C=N–C) groups is 2. The van der Waals surface area contributed by atoms with Crippen LogP contribution in [-0.4, -0.2) is 107 Å². The van der Waals surface area contributed by atoms with Crippen LogP contribution in [0.25, 0.3) is 0 Å². The summed E-state index contributed by atoms with van der Waals surface area (Å²) < 4.78 is 15.2. The van der Waals surface area contributed by atoms with Crippen LogP contribution in [0.4, 0.5) is 21.6 Å². The van der Waals surface area contributed by atoms with Gasteiger partial charge in [-0.15, -0.1) is 0 Å². The molecule has 3 N–H and O–H groups in total. The standard InChI is InChI=1S/C40H48FN9O4/c1-24-32-23-43-40(46-37(32)50(27-5-3-4-6-27)39(54)36(24)25(2)51)44-34-11-8-29(22-42-34)47-15-13-26(14-16-47)48-17-19-49(20-18-48)28-7-9-30(33(41)21-28)31-10-12-35(52)45-38(31)53/h7-9,11,21-23,26-27,31,37,51H,3-6,10,12-20H2,1-2H3,(H,42,44,46)(H,45,52,53)/b36-25+. The molecule has 284 valence electrons. The summed E-state index contributed by atoms with van der Waals surface area (Å²) in [6, 6.07) is 9.69. The van der Waals surface area contributed by atoms with Crippen LogP contribution in [0.2, 0.25) is 0 Å². The fourth-order valence-corrected chi connectivity index (χ4v) is 9.08. The number of piperidine rings is 2. The number of aliphatic hydroxyl groups is 1. The first-order chi connectivity index (χ1) is 26.1. The lowest BCUT2D eigenvalue weighted by Crippen LogP contribution is -2.53. The number of halogens is 1. The van der Waals surface area contributed by atoms with Crippen molar-refractivity contribution >= 4 is 47.1 Å². The molecule has 13 nitrogen and oxygen atoms in total. The highest BCUT2D eigenvalue weighted by atomic mass is 19.1. The van der Waals surface area contributed by atoms with Crippen molar-refractivity contribution in [3.63, 3.8) is 0 Å². The van der Waals surface area contributed by atoms with Gasteiger partial charge in [0.05, 0.1) is 23.4 Å². The number of fused-ring (bicyclic) bond motifs is 1. The van der Waals surface area contributed by atoms with Crippen molar-refractivity contribution in [3.8, 4) is 0 Å². The number of aromatic nitrogens is 1. The number of hydrogen-bond acceptors (Lipinski definition) is 11. The zero-order valence-electron chi connectivity index (χ0n) is 30.9. The predicted molar refractivity (Wildman–Crippen MR) is 205 cm³/mol. The van der Waals surface area contributed by atoms with E-state index >= 15 is 4.39 Å². The molecule has 1 aliphatic carbocycles. The van der Waals surface area contributed by atoms with Gasteiger partial charge < -0.3 is 25.1 Å². The first-order valence-electron chi connectivity index (χ1n) is 19.3. The van der Waals surface area contributed by atoms with Gasteiger partial charge in [0, 0.05) is 80.8 Å². The molecule has 1 aromatic heterocycles. The van der Waals surface area contributed by atoms with E-state index in [1.54, 1.807) is 19.2 Å². The fourth-order valence-electron chi connectivity index (χ4n) is 9.08. The molecule has 14 heteroatoms. The maximum atomic E-state index is 15.2. The van der Waals surface area contributed by atoms with Gasteiger partial charge in [0.25, 0.3) is 5.91 Å². The molecule has 6 heterocycles. The van der Waals surface area contributed by atoms with E-state index in [-0.39, 0.29) is 30.0 Å². The van der Waals surface area contributed by atoms with Crippen LogP contribution < -0.4 is 20.4 Å². The normalized spacial score (nSPS) is 25.6. The number of rotatable bonds is 6. The average Bonchev–Trinajstić information content (AvgIpc) is 3.70. The lowest BCUT2D eigenvalue weighted by atomic mass is 9.90. The number of carbonyl (C=O) groups is 3. The van der Waals surface area contributed by atoms with E-state index in [4.69, 9.17) is 4.99 Å². The number of carbonyl (C=O) groups excluding carboxylic acids is 3. The molecular weight excluding hydrogens is 689 g/mol. The summed E-state index contributed by atoms with van der Waals surface area (Å²) in [6.45, 7) is 8.67. The van der Waals surface area contributed by atoms with Gasteiger partial charge in [-0.25, -0.2) is 19.4 Å². The second kappa shape index (κ2) is 15.0. The maximum absolute atomic E-state index is 15.2. The Hall–Kier alpha value is -5.11. The minimum atomic E-state index is -0.629. The lowest BCUT2D eigenvalue weighted by molar-refractivity contribution is -0.134. The highest BCUT2D eigenvalue weighted by molar-refractivity contribution is 6.09. The van der Waals surface area contributed by atoms with Crippen molar-refractivity contribution in [2.24, 2.45) is 9.98 Å². The van der Waals surface area contributed by atoms with Crippen LogP contribution in [0, 0.1) is 5.82 Å². The highest BCUT2D eigenvalue weighted by Gasteiger charge is 2.42. The minimum absolute atomic E-state index is 0.0208. The van der Waals surface area contributed by atoms with Crippen LogP contribution >= 0.6 is 0 Å². The van der Waals surface area contributed by atoms with Gasteiger partial charge in [-0.3, -0.25) is 24.6 Å². The minimum Gasteiger partial charge on any atom is -0.512 e. The number of benzene rings is 1. The zero-order valence-corrected chi connectivity index (χ0v) is 30.9. The van der Waals surface area contributed by atoms with E-state index in [9.17, 15) is 19.5 Å². The summed E-state index contributed by atoms with van der Waals surface area (Å²) in [5, 5.41) is 15.9. The molecule has 0 radical (unpaired) electrons. The quantitative estimate of drug-likeness (QED) is 0.219. The molecule has 4 fully saturated rings. The summed E-state index contributed by atoms with van der Waals surface area (Å²) in [7, 11) is 0. The first kappa shape index (κ1) is 35.9. The van der Waals surface area contributed by atoms with Gasteiger partial charge in [0.2, 0.25) is 17.8 Å². The second-order valence-corrected chi connectivity index (χ2v) is 15.3. The van der Waals surface area contributed by atoms with E-state index in [1.165, 1.54) is 6.07 Å². The monoisotopic (exact) mass is 737 g/mol. The topological polar surface area (TPSA) is 146 Å². The van der Waals surface area contributed by atoms with E-state index in [0.29, 0.717) is 40.9 Å².